The van der Waals surface area contributed by atoms with Crippen LogP contribution in [0.3, 0.4) is 0 Å². The fourth-order valence-electron chi connectivity index (χ4n) is 9.65. The lowest BCUT2D eigenvalue weighted by molar-refractivity contribution is 0.0942. The van der Waals surface area contributed by atoms with Gasteiger partial charge in [-0.05, 0) is 52.9 Å². The number of rotatable bonds is 17. The summed E-state index contributed by atoms with van der Waals surface area (Å²) in [5, 5.41) is 6.16. The zero-order valence-electron chi connectivity index (χ0n) is 37.9. The van der Waals surface area contributed by atoms with E-state index in [1.807, 2.05) is 46.9 Å². The van der Waals surface area contributed by atoms with Gasteiger partial charge in [-0.3, -0.25) is 19.2 Å². The summed E-state index contributed by atoms with van der Waals surface area (Å²) in [6, 6.07) is 2.29. The van der Waals surface area contributed by atoms with Crippen molar-refractivity contribution in [3.63, 3.8) is 0 Å². The average molecular weight is 887 g/mol. The lowest BCUT2D eigenvalue weighted by Crippen LogP contribution is -2.45. The van der Waals surface area contributed by atoms with Crippen molar-refractivity contribution >= 4 is 45.0 Å². The van der Waals surface area contributed by atoms with Crippen LogP contribution in [0.25, 0.3) is 21.8 Å². The zero-order chi connectivity index (χ0) is 45.1. The number of nitrogens with one attached hydrogen (secondary N) is 2. The predicted molar refractivity (Wildman–Crippen MR) is 247 cm³/mol. The first kappa shape index (κ1) is 45.4. The maximum absolute atomic E-state index is 15.7. The van der Waals surface area contributed by atoms with Gasteiger partial charge in [0.2, 0.25) is 10.9 Å². The molecule has 2 amide bonds. The Hall–Kier alpha value is -5.22. The van der Waals surface area contributed by atoms with Crippen molar-refractivity contribution < 1.29 is 27.8 Å². The molecule has 8 rings (SSSR count). The number of piperazine rings is 2. The number of likely N-dealkylation sites (N-methyl/N-ethyl adjacent to an activating group) is 2. The summed E-state index contributed by atoms with van der Waals surface area (Å²) in [7, 11) is 4.08. The zero-order valence-corrected chi connectivity index (χ0v) is 37.9. The molecule has 0 bridgehead atoms. The first-order chi connectivity index (χ1) is 30.9. The van der Waals surface area contributed by atoms with Gasteiger partial charge in [0.25, 0.3) is 11.8 Å². The summed E-state index contributed by atoms with van der Waals surface area (Å²) in [5.74, 6) is -1.14. The highest BCUT2D eigenvalue weighted by Gasteiger charge is 2.33. The fraction of sp³-hybridized carbons (Fsp3) is 0.583. The van der Waals surface area contributed by atoms with Crippen LogP contribution in [-0.2, 0) is 0 Å². The van der Waals surface area contributed by atoms with Crippen LogP contribution in [0.5, 0.6) is 11.5 Å². The summed E-state index contributed by atoms with van der Waals surface area (Å²) in [6.07, 6.45) is 13.3. The van der Waals surface area contributed by atoms with Gasteiger partial charge in [0.15, 0.2) is 23.1 Å². The monoisotopic (exact) mass is 886 g/mol. The van der Waals surface area contributed by atoms with E-state index < -0.39 is 34.3 Å². The van der Waals surface area contributed by atoms with Crippen LogP contribution < -0.4 is 40.8 Å². The minimum atomic E-state index is -0.508. The lowest BCUT2D eigenvalue weighted by Gasteiger charge is -2.37. The number of benzene rings is 2. The van der Waals surface area contributed by atoms with E-state index in [-0.39, 0.29) is 34.0 Å². The first-order valence-electron chi connectivity index (χ1n) is 23.4. The standard InChI is InChI=1S/C48H64F2N8O6/c1-31-29-63-45-39-33(25-37(49)41(45)55-21-17-53(3)18-22-55)43(59)35(27-57(31)39)47(61)51-15-13-11-9-7-5-6-8-10-12-14-16-52-48(62)36-28-58-32(2)30-64-46-40(58)34(44(36)60)26-38(50)42(46)56-23-19-54(4)20-24-56/h25-28,31-32H,5-24,29-30H2,1-4H3,(H,51,61)(H,52,62)/t31-,32-/m0/s1. The number of anilines is 2. The Balaban J connectivity index is 0.732. The minimum Gasteiger partial charge on any atom is -0.487 e. The van der Waals surface area contributed by atoms with Gasteiger partial charge in [-0.1, -0.05) is 51.4 Å². The molecule has 346 valence electrons. The van der Waals surface area contributed by atoms with E-state index in [1.54, 1.807) is 12.4 Å². The van der Waals surface area contributed by atoms with E-state index in [4.69, 9.17) is 9.47 Å². The highest BCUT2D eigenvalue weighted by Crippen LogP contribution is 2.43. The fourth-order valence-corrected chi connectivity index (χ4v) is 9.65. The molecule has 0 spiro atoms. The predicted octanol–water partition coefficient (Wildman–Crippen LogP) is 6.07. The molecule has 0 saturated carbocycles. The maximum Gasteiger partial charge on any atom is 0.256 e. The van der Waals surface area contributed by atoms with Gasteiger partial charge in [0.05, 0.1) is 33.9 Å². The van der Waals surface area contributed by atoms with Crippen molar-refractivity contribution in [2.24, 2.45) is 0 Å². The topological polar surface area (TPSA) is 134 Å². The molecule has 2 N–H and O–H groups in total. The van der Waals surface area contributed by atoms with Crippen LogP contribution in [0.4, 0.5) is 20.2 Å². The molecule has 4 aliphatic rings. The Morgan fingerprint density at radius 3 is 1.28 bits per heavy atom. The van der Waals surface area contributed by atoms with Gasteiger partial charge in [0, 0.05) is 77.8 Å². The van der Waals surface area contributed by atoms with E-state index in [1.165, 1.54) is 12.1 Å². The molecule has 2 aromatic heterocycles. The van der Waals surface area contributed by atoms with Crippen LogP contribution in [0, 0.1) is 11.6 Å². The number of ether oxygens (including phenoxy) is 2. The number of halogens is 2. The molecule has 16 heteroatoms. The molecule has 4 aromatic rings. The SMILES string of the molecule is C[C@H]1COc2c(N3CCN(C)CC3)c(F)cc3c(=O)c(C(=O)NCCCCCCCCCCCCNC(=O)c4cn5c6c(c(N7CCN(C)CC7)c(F)cc6c4=O)OC[C@@H]5C)cn1c23. The number of aromatic nitrogens is 2. The quantitative estimate of drug-likeness (QED) is 0.121. The van der Waals surface area contributed by atoms with Crippen molar-refractivity contribution in [3.05, 3.63) is 67.7 Å². The first-order valence-corrected chi connectivity index (χ1v) is 23.4. The molecule has 0 aliphatic carbocycles. The van der Waals surface area contributed by atoms with Crippen LogP contribution >= 0.6 is 0 Å². The third kappa shape index (κ3) is 9.31. The van der Waals surface area contributed by atoms with Crippen molar-refractivity contribution in [2.75, 3.05) is 103 Å². The van der Waals surface area contributed by atoms with Gasteiger partial charge < -0.3 is 48.8 Å². The van der Waals surface area contributed by atoms with Gasteiger partial charge >= 0.3 is 0 Å². The number of carbonyl (C=O) groups excluding carboxylic acids is 2. The second kappa shape index (κ2) is 19.9. The molecule has 14 nitrogen and oxygen atoms in total. The number of pyridine rings is 2. The smallest absolute Gasteiger partial charge is 0.256 e. The molecule has 2 fully saturated rings. The number of unbranched alkanes of at least 4 members (excludes halogenated alkanes) is 9. The van der Waals surface area contributed by atoms with E-state index >= 15 is 8.78 Å². The molecule has 0 radical (unpaired) electrons. The third-order valence-corrected chi connectivity index (χ3v) is 13.6. The van der Waals surface area contributed by atoms with E-state index in [0.717, 1.165) is 90.4 Å². The van der Waals surface area contributed by atoms with Crippen LogP contribution in [0.15, 0.2) is 34.1 Å². The number of carbonyl (C=O) groups is 2. The third-order valence-electron chi connectivity index (χ3n) is 13.6. The van der Waals surface area contributed by atoms with E-state index in [0.29, 0.717) is 86.4 Å². The molecular weight excluding hydrogens is 823 g/mol. The Morgan fingerprint density at radius 2 is 0.922 bits per heavy atom. The number of hydrogen-bond donors (Lipinski definition) is 2. The van der Waals surface area contributed by atoms with Gasteiger partial charge in [0.1, 0.15) is 35.7 Å². The largest absolute Gasteiger partial charge is 0.487 e. The molecular formula is C48H64F2N8O6. The molecule has 2 saturated heterocycles. The highest BCUT2D eigenvalue weighted by atomic mass is 19.1. The van der Waals surface area contributed by atoms with Crippen molar-refractivity contribution in [1.29, 1.82) is 0 Å². The summed E-state index contributed by atoms with van der Waals surface area (Å²) >= 11 is 0. The molecule has 2 aromatic carbocycles. The Morgan fingerprint density at radius 1 is 0.578 bits per heavy atom. The molecule has 2 atom stereocenters. The number of amides is 2. The minimum absolute atomic E-state index is 0.0170. The van der Waals surface area contributed by atoms with E-state index in [2.05, 4.69) is 20.4 Å². The van der Waals surface area contributed by atoms with Crippen molar-refractivity contribution in [3.8, 4) is 11.5 Å². The highest BCUT2D eigenvalue weighted by molar-refractivity contribution is 6.01. The summed E-state index contributed by atoms with van der Waals surface area (Å²) in [5.41, 5.74) is 0.918. The van der Waals surface area contributed by atoms with Crippen LogP contribution in [0.2, 0.25) is 0 Å². The molecule has 4 aliphatic heterocycles. The Bertz CT molecular complexity index is 2320. The van der Waals surface area contributed by atoms with Crippen LogP contribution in [-0.4, -0.2) is 124 Å². The maximum atomic E-state index is 15.7. The van der Waals surface area contributed by atoms with Gasteiger partial charge in [-0.25, -0.2) is 8.78 Å². The second-order valence-corrected chi connectivity index (χ2v) is 18.4. The van der Waals surface area contributed by atoms with Gasteiger partial charge in [-0.2, -0.15) is 0 Å². The average Bonchev–Trinajstić information content (AvgIpc) is 3.28. The Kier molecular flexibility index (Phi) is 14.1. The molecule has 0 unspecified atom stereocenters. The van der Waals surface area contributed by atoms with Crippen molar-refractivity contribution in [1.82, 2.24) is 29.6 Å². The summed E-state index contributed by atoms with van der Waals surface area (Å²) in [4.78, 5) is 62.1. The molecule has 6 heterocycles. The number of nitrogens with zero attached hydrogens (tertiary/aromatic N) is 6. The lowest BCUT2D eigenvalue weighted by atomic mass is 10.0. The Labute approximate surface area is 373 Å². The number of hydrogen-bond acceptors (Lipinski definition) is 10. The van der Waals surface area contributed by atoms with Crippen LogP contribution in [0.1, 0.15) is 111 Å². The van der Waals surface area contributed by atoms with Crippen molar-refractivity contribution in [2.45, 2.75) is 90.1 Å². The van der Waals surface area contributed by atoms with Gasteiger partial charge in [-0.15, -0.1) is 0 Å². The summed E-state index contributed by atoms with van der Waals surface area (Å²) < 4.78 is 47.3. The normalized spacial score (nSPS) is 18.9. The second-order valence-electron chi connectivity index (χ2n) is 18.4. The van der Waals surface area contributed by atoms with E-state index in [9.17, 15) is 19.2 Å². The summed E-state index contributed by atoms with van der Waals surface area (Å²) in [6.45, 7) is 11.3. The molecule has 64 heavy (non-hydrogen) atoms.